The zero-order valence-corrected chi connectivity index (χ0v) is 12.8. The molecule has 4 nitrogen and oxygen atoms in total. The number of carbonyl (C=O) groups excluding carboxylic acids is 1. The highest BCUT2D eigenvalue weighted by atomic mass is 35.5. The van der Waals surface area contributed by atoms with Crippen molar-refractivity contribution in [2.75, 3.05) is 6.61 Å². The van der Waals surface area contributed by atoms with E-state index in [1.165, 1.54) is 12.1 Å². The molecule has 0 saturated carbocycles. The molecule has 1 N–H and O–H groups in total. The van der Waals surface area contributed by atoms with Crippen molar-refractivity contribution in [3.63, 3.8) is 0 Å². The fourth-order valence-corrected chi connectivity index (χ4v) is 2.69. The second kappa shape index (κ2) is 6.10. The van der Waals surface area contributed by atoms with Gasteiger partial charge in [0.25, 0.3) is 0 Å². The van der Waals surface area contributed by atoms with Crippen LogP contribution in [0.25, 0.3) is 0 Å². The minimum atomic E-state index is -0.672. The minimum absolute atomic E-state index is 0.0639. The third-order valence-electron chi connectivity index (χ3n) is 3.37. The molecule has 1 aromatic heterocycles. The van der Waals surface area contributed by atoms with E-state index in [9.17, 15) is 9.18 Å². The molecule has 22 heavy (non-hydrogen) atoms. The molecule has 0 aliphatic carbocycles. The van der Waals surface area contributed by atoms with Crippen LogP contribution in [-0.4, -0.2) is 17.5 Å². The van der Waals surface area contributed by atoms with Gasteiger partial charge >= 0.3 is 0 Å². The lowest BCUT2D eigenvalue weighted by molar-refractivity contribution is -0.121. The molecule has 0 saturated heterocycles. The molecule has 0 bridgehead atoms. The first-order valence-electron chi connectivity index (χ1n) is 6.55. The van der Waals surface area contributed by atoms with Crippen LogP contribution in [0.1, 0.15) is 17.2 Å². The maximum atomic E-state index is 13.9. The van der Waals surface area contributed by atoms with Crippen molar-refractivity contribution in [2.24, 2.45) is 0 Å². The van der Waals surface area contributed by atoms with Crippen LogP contribution in [0.3, 0.4) is 0 Å². The Labute approximate surface area is 136 Å². The summed E-state index contributed by atoms with van der Waals surface area (Å²) >= 11 is 11.6. The lowest BCUT2D eigenvalue weighted by Crippen LogP contribution is -2.31. The van der Waals surface area contributed by atoms with Gasteiger partial charge in [0.15, 0.2) is 0 Å². The van der Waals surface area contributed by atoms with E-state index >= 15 is 0 Å². The molecule has 1 unspecified atom stereocenters. The fourth-order valence-electron chi connectivity index (χ4n) is 2.30. The van der Waals surface area contributed by atoms with Gasteiger partial charge in [-0.1, -0.05) is 23.2 Å². The number of pyridine rings is 1. The van der Waals surface area contributed by atoms with E-state index in [0.717, 1.165) is 5.56 Å². The van der Waals surface area contributed by atoms with Gasteiger partial charge in [0.05, 0.1) is 17.5 Å². The molecule has 1 amide bonds. The van der Waals surface area contributed by atoms with Gasteiger partial charge in [0.1, 0.15) is 12.4 Å². The van der Waals surface area contributed by atoms with Crippen LogP contribution in [0.5, 0.6) is 5.88 Å². The standard InChI is InChI=1S/C15H11Cl2FN2O2/c16-10-3-4-11(17)14(18)9(10)6-13(21)20-12-7-22-15-8(12)2-1-5-19-15/h1-5,12H,6-7H2,(H,20,21). The van der Waals surface area contributed by atoms with Crippen LogP contribution in [0.15, 0.2) is 30.5 Å². The SMILES string of the molecule is O=C(Cc1c(Cl)ccc(Cl)c1F)NC1COc2ncccc21. The van der Waals surface area contributed by atoms with Crippen LogP contribution < -0.4 is 10.1 Å². The Morgan fingerprint density at radius 2 is 2.14 bits per heavy atom. The average Bonchev–Trinajstić information content (AvgIpc) is 2.91. The summed E-state index contributed by atoms with van der Waals surface area (Å²) in [5.74, 6) is -0.540. The normalized spacial score (nSPS) is 16.0. The quantitative estimate of drug-likeness (QED) is 0.872. The number of nitrogens with zero attached hydrogens (tertiary/aromatic N) is 1. The first kappa shape index (κ1) is 15.1. The van der Waals surface area contributed by atoms with Crippen LogP contribution in [0, 0.1) is 5.82 Å². The summed E-state index contributed by atoms with van der Waals surface area (Å²) in [5.41, 5.74) is 0.880. The van der Waals surface area contributed by atoms with Gasteiger partial charge in [0.2, 0.25) is 11.8 Å². The van der Waals surface area contributed by atoms with Gasteiger partial charge < -0.3 is 10.1 Å². The van der Waals surface area contributed by atoms with Crippen LogP contribution in [-0.2, 0) is 11.2 Å². The molecule has 1 atom stereocenters. The highest BCUT2D eigenvalue weighted by Gasteiger charge is 2.27. The van der Waals surface area contributed by atoms with Crippen LogP contribution >= 0.6 is 23.2 Å². The molecule has 7 heteroatoms. The lowest BCUT2D eigenvalue weighted by atomic mass is 10.1. The molecular formula is C15H11Cl2FN2O2. The second-order valence-electron chi connectivity index (χ2n) is 4.83. The molecule has 114 valence electrons. The number of benzene rings is 1. The highest BCUT2D eigenvalue weighted by molar-refractivity contribution is 6.33. The van der Waals surface area contributed by atoms with Gasteiger partial charge in [-0.2, -0.15) is 0 Å². The summed E-state index contributed by atoms with van der Waals surface area (Å²) in [7, 11) is 0. The van der Waals surface area contributed by atoms with E-state index in [-0.39, 0.29) is 34.0 Å². The van der Waals surface area contributed by atoms with Gasteiger partial charge in [0, 0.05) is 22.3 Å². The van der Waals surface area contributed by atoms with Gasteiger partial charge in [-0.25, -0.2) is 9.37 Å². The summed E-state index contributed by atoms with van der Waals surface area (Å²) in [6, 6.07) is 6.10. The number of carbonyl (C=O) groups is 1. The third-order valence-corrected chi connectivity index (χ3v) is 4.02. The number of fused-ring (bicyclic) bond motifs is 1. The molecule has 1 aromatic carbocycles. The number of nitrogens with one attached hydrogen (secondary N) is 1. The van der Waals surface area contributed by atoms with E-state index < -0.39 is 5.82 Å². The fraction of sp³-hybridized carbons (Fsp3) is 0.200. The Morgan fingerprint density at radius 1 is 1.36 bits per heavy atom. The highest BCUT2D eigenvalue weighted by Crippen LogP contribution is 2.30. The third kappa shape index (κ3) is 2.87. The summed E-state index contributed by atoms with van der Waals surface area (Å²) in [5, 5.41) is 2.89. The number of aromatic nitrogens is 1. The molecular weight excluding hydrogens is 330 g/mol. The summed E-state index contributed by atoms with van der Waals surface area (Å²) in [4.78, 5) is 16.2. The molecule has 2 aromatic rings. The second-order valence-corrected chi connectivity index (χ2v) is 5.64. The maximum Gasteiger partial charge on any atom is 0.225 e. The van der Waals surface area contributed by atoms with E-state index in [2.05, 4.69) is 10.3 Å². The summed E-state index contributed by atoms with van der Waals surface area (Å²) < 4.78 is 19.3. The Morgan fingerprint density at radius 3 is 2.95 bits per heavy atom. The largest absolute Gasteiger partial charge is 0.475 e. The number of amides is 1. The first-order chi connectivity index (χ1) is 10.6. The molecule has 0 fully saturated rings. The van der Waals surface area contributed by atoms with Crippen molar-refractivity contribution in [1.82, 2.24) is 10.3 Å². The van der Waals surface area contributed by atoms with Crippen molar-refractivity contribution >= 4 is 29.1 Å². The zero-order valence-electron chi connectivity index (χ0n) is 11.3. The smallest absolute Gasteiger partial charge is 0.225 e. The monoisotopic (exact) mass is 340 g/mol. The minimum Gasteiger partial charge on any atom is -0.475 e. The Hall–Kier alpha value is -1.85. The van der Waals surface area contributed by atoms with Crippen LogP contribution in [0.4, 0.5) is 4.39 Å². The Kier molecular flexibility index (Phi) is 4.18. The van der Waals surface area contributed by atoms with Gasteiger partial charge in [-0.3, -0.25) is 4.79 Å². The van der Waals surface area contributed by atoms with Crippen molar-refractivity contribution in [1.29, 1.82) is 0 Å². The summed E-state index contributed by atoms with van der Waals surface area (Å²) in [6.07, 6.45) is 1.42. The van der Waals surface area contributed by atoms with Gasteiger partial charge in [-0.05, 0) is 24.3 Å². The predicted molar refractivity (Wildman–Crippen MR) is 80.7 cm³/mol. The molecule has 0 radical (unpaired) electrons. The van der Waals surface area contributed by atoms with Gasteiger partial charge in [-0.15, -0.1) is 0 Å². The molecule has 1 aliphatic heterocycles. The molecule has 0 spiro atoms. The number of ether oxygens (including phenoxy) is 1. The Balaban J connectivity index is 1.74. The molecule has 3 rings (SSSR count). The molecule has 2 heterocycles. The number of hydrogen-bond donors (Lipinski definition) is 1. The van der Waals surface area contributed by atoms with Crippen LogP contribution in [0.2, 0.25) is 10.0 Å². The predicted octanol–water partition coefficient (Wildman–Crippen LogP) is 3.32. The average molecular weight is 341 g/mol. The van der Waals surface area contributed by atoms with Crippen molar-refractivity contribution in [2.45, 2.75) is 12.5 Å². The van der Waals surface area contributed by atoms with Crippen molar-refractivity contribution in [3.05, 3.63) is 57.5 Å². The topological polar surface area (TPSA) is 51.2 Å². The van der Waals surface area contributed by atoms with Crippen molar-refractivity contribution < 1.29 is 13.9 Å². The van der Waals surface area contributed by atoms with E-state index in [1.54, 1.807) is 12.3 Å². The Bertz CT molecular complexity index is 739. The number of rotatable bonds is 3. The lowest BCUT2D eigenvalue weighted by Gasteiger charge is -2.12. The van der Waals surface area contributed by atoms with E-state index in [4.69, 9.17) is 27.9 Å². The maximum absolute atomic E-state index is 13.9. The number of hydrogen-bond acceptors (Lipinski definition) is 3. The van der Waals surface area contributed by atoms with Crippen molar-refractivity contribution in [3.8, 4) is 5.88 Å². The van der Waals surface area contributed by atoms with E-state index in [1.807, 2.05) is 6.07 Å². The zero-order chi connectivity index (χ0) is 15.7. The van der Waals surface area contributed by atoms with E-state index in [0.29, 0.717) is 12.5 Å². The number of halogens is 3. The molecule has 1 aliphatic rings. The first-order valence-corrected chi connectivity index (χ1v) is 7.31. The summed E-state index contributed by atoms with van der Waals surface area (Å²) in [6.45, 7) is 0.295.